The van der Waals surface area contributed by atoms with Gasteiger partial charge in [-0.1, -0.05) is 30.3 Å². The molecule has 0 saturated heterocycles. The van der Waals surface area contributed by atoms with Crippen molar-refractivity contribution < 1.29 is 35.1 Å². The van der Waals surface area contributed by atoms with Gasteiger partial charge in [-0.3, -0.25) is 4.79 Å². The lowest BCUT2D eigenvalue weighted by molar-refractivity contribution is -0.157. The van der Waals surface area contributed by atoms with Crippen LogP contribution in [0.1, 0.15) is 5.56 Å². The highest BCUT2D eigenvalue weighted by Crippen LogP contribution is 2.07. The topological polar surface area (TPSA) is 153 Å². The molecule has 0 radical (unpaired) electrons. The summed E-state index contributed by atoms with van der Waals surface area (Å²) in [6, 6.07) is 8.12. The van der Waals surface area contributed by atoms with Crippen LogP contribution in [0.5, 0.6) is 0 Å². The van der Waals surface area contributed by atoms with Crippen LogP contribution in [0.25, 0.3) is 0 Å². The second kappa shape index (κ2) is 9.56. The van der Waals surface area contributed by atoms with Gasteiger partial charge >= 0.3 is 5.97 Å². The van der Waals surface area contributed by atoms with Crippen LogP contribution in [0.3, 0.4) is 0 Å². The summed E-state index contributed by atoms with van der Waals surface area (Å²) < 4.78 is 4.79. The molecule has 0 fully saturated rings. The molecule has 7 N–H and O–H groups in total. The number of aliphatic hydroxyl groups is 5. The molecule has 8 nitrogen and oxygen atoms in total. The molecule has 0 aliphatic heterocycles. The molecule has 0 saturated carbocycles. The van der Waals surface area contributed by atoms with Crippen LogP contribution in [0.2, 0.25) is 0 Å². The molecule has 0 aliphatic rings. The first kappa shape index (κ1) is 19.5. The Kier molecular flexibility index (Phi) is 8.10. The molecule has 0 bridgehead atoms. The summed E-state index contributed by atoms with van der Waals surface area (Å²) in [5.74, 6) is -0.766. The SMILES string of the molecule is N[C@@H](Cc1ccccc1)C(=O)OC[C@H](O)[C@@H](O)[C@H](O)[C@H](O)CO. The van der Waals surface area contributed by atoms with Crippen molar-refractivity contribution >= 4 is 5.97 Å². The van der Waals surface area contributed by atoms with Gasteiger partial charge in [-0.15, -0.1) is 0 Å². The van der Waals surface area contributed by atoms with E-state index in [9.17, 15) is 25.2 Å². The monoisotopic (exact) mass is 329 g/mol. The Labute approximate surface area is 133 Å². The highest BCUT2D eigenvalue weighted by Gasteiger charge is 2.31. The van der Waals surface area contributed by atoms with Crippen LogP contribution >= 0.6 is 0 Å². The predicted octanol–water partition coefficient (Wildman–Crippen LogP) is -2.46. The molecule has 23 heavy (non-hydrogen) atoms. The van der Waals surface area contributed by atoms with E-state index >= 15 is 0 Å². The standard InChI is InChI=1S/C15H23NO7/c16-10(6-9-4-2-1-3-5-9)15(22)23-8-12(19)14(21)13(20)11(18)7-17/h1-5,10-14,17-21H,6-8,16H2/t10-,11+,12-,13+,14+/m0/s1. The minimum absolute atomic E-state index is 0.254. The van der Waals surface area contributed by atoms with Gasteiger partial charge in [0.25, 0.3) is 0 Å². The summed E-state index contributed by atoms with van der Waals surface area (Å²) >= 11 is 0. The molecule has 8 heteroatoms. The fraction of sp³-hybridized carbons (Fsp3) is 0.533. The Morgan fingerprint density at radius 1 is 1.04 bits per heavy atom. The minimum Gasteiger partial charge on any atom is -0.462 e. The summed E-state index contributed by atoms with van der Waals surface area (Å²) in [6.45, 7) is -1.38. The Morgan fingerprint density at radius 3 is 2.17 bits per heavy atom. The molecule has 1 aromatic rings. The number of rotatable bonds is 9. The molecule has 0 spiro atoms. The van der Waals surface area contributed by atoms with Gasteiger partial charge in [0.2, 0.25) is 0 Å². The molecule has 5 atom stereocenters. The molecule has 0 amide bonds. The van der Waals surface area contributed by atoms with Gasteiger partial charge < -0.3 is 36.0 Å². The van der Waals surface area contributed by atoms with Crippen molar-refractivity contribution in [1.29, 1.82) is 0 Å². The molecule has 0 aliphatic carbocycles. The van der Waals surface area contributed by atoms with Crippen molar-refractivity contribution in [2.45, 2.75) is 36.9 Å². The Morgan fingerprint density at radius 2 is 1.61 bits per heavy atom. The van der Waals surface area contributed by atoms with Crippen LogP contribution in [0, 0.1) is 0 Å². The van der Waals surface area contributed by atoms with Crippen LogP contribution in [-0.2, 0) is 16.0 Å². The molecule has 0 aromatic heterocycles. The number of benzene rings is 1. The lowest BCUT2D eigenvalue weighted by atomic mass is 10.0. The molecule has 1 rings (SSSR count). The van der Waals surface area contributed by atoms with E-state index in [0.29, 0.717) is 0 Å². The van der Waals surface area contributed by atoms with Crippen molar-refractivity contribution in [1.82, 2.24) is 0 Å². The first-order valence-corrected chi connectivity index (χ1v) is 7.16. The first-order chi connectivity index (χ1) is 10.9. The number of nitrogens with two attached hydrogens (primary N) is 1. The third kappa shape index (κ3) is 6.22. The quantitative estimate of drug-likeness (QED) is 0.273. The lowest BCUT2D eigenvalue weighted by Crippen LogP contribution is -2.48. The number of hydrogen-bond acceptors (Lipinski definition) is 8. The van der Waals surface area contributed by atoms with Crippen LogP contribution in [0.4, 0.5) is 0 Å². The highest BCUT2D eigenvalue weighted by atomic mass is 16.5. The summed E-state index contributed by atoms with van der Waals surface area (Å²) in [7, 11) is 0. The molecule has 1 aromatic carbocycles. The van der Waals surface area contributed by atoms with Gasteiger partial charge in [-0.25, -0.2) is 0 Å². The smallest absolute Gasteiger partial charge is 0.323 e. The van der Waals surface area contributed by atoms with Gasteiger partial charge in [-0.2, -0.15) is 0 Å². The van der Waals surface area contributed by atoms with E-state index in [4.69, 9.17) is 15.6 Å². The number of carbonyl (C=O) groups excluding carboxylic acids is 1. The number of carbonyl (C=O) groups is 1. The molecule has 130 valence electrons. The average molecular weight is 329 g/mol. The number of ether oxygens (including phenoxy) is 1. The van der Waals surface area contributed by atoms with E-state index in [1.165, 1.54) is 0 Å². The third-order valence-electron chi connectivity index (χ3n) is 3.32. The number of aliphatic hydroxyl groups excluding tert-OH is 5. The summed E-state index contributed by atoms with van der Waals surface area (Å²) in [5, 5.41) is 46.5. The molecular weight excluding hydrogens is 306 g/mol. The van der Waals surface area contributed by atoms with Gasteiger partial charge in [-0.05, 0) is 12.0 Å². The van der Waals surface area contributed by atoms with E-state index in [0.717, 1.165) is 5.56 Å². The van der Waals surface area contributed by atoms with Gasteiger partial charge in [0.1, 0.15) is 37.1 Å². The molecule has 0 heterocycles. The largest absolute Gasteiger partial charge is 0.462 e. The van der Waals surface area contributed by atoms with E-state index in [1.807, 2.05) is 6.07 Å². The van der Waals surface area contributed by atoms with Gasteiger partial charge in [0, 0.05) is 0 Å². The Hall–Kier alpha value is -1.55. The van der Waals surface area contributed by atoms with E-state index in [-0.39, 0.29) is 6.42 Å². The van der Waals surface area contributed by atoms with Gasteiger partial charge in [0.15, 0.2) is 0 Å². The minimum atomic E-state index is -1.78. The van der Waals surface area contributed by atoms with E-state index in [2.05, 4.69) is 0 Å². The summed E-state index contributed by atoms with van der Waals surface area (Å²) in [4.78, 5) is 11.7. The van der Waals surface area contributed by atoms with Crippen LogP contribution in [-0.4, -0.2) is 75.2 Å². The zero-order valence-corrected chi connectivity index (χ0v) is 12.5. The van der Waals surface area contributed by atoms with E-state index < -0.39 is 49.6 Å². The van der Waals surface area contributed by atoms with Crippen molar-refractivity contribution in [3.8, 4) is 0 Å². The fourth-order valence-corrected chi connectivity index (χ4v) is 1.89. The van der Waals surface area contributed by atoms with Crippen molar-refractivity contribution in [3.05, 3.63) is 35.9 Å². The number of esters is 1. The molecular formula is C15H23NO7. The highest BCUT2D eigenvalue weighted by molar-refractivity contribution is 5.75. The maximum atomic E-state index is 11.7. The van der Waals surface area contributed by atoms with Gasteiger partial charge in [0.05, 0.1) is 6.61 Å². The maximum absolute atomic E-state index is 11.7. The fourth-order valence-electron chi connectivity index (χ4n) is 1.89. The first-order valence-electron chi connectivity index (χ1n) is 7.16. The van der Waals surface area contributed by atoms with Crippen LogP contribution < -0.4 is 5.73 Å². The van der Waals surface area contributed by atoms with E-state index in [1.54, 1.807) is 24.3 Å². The summed E-state index contributed by atoms with van der Waals surface area (Å²) in [6.07, 6.45) is -6.54. The van der Waals surface area contributed by atoms with Crippen molar-refractivity contribution in [3.63, 3.8) is 0 Å². The van der Waals surface area contributed by atoms with Crippen LogP contribution in [0.15, 0.2) is 30.3 Å². The second-order valence-corrected chi connectivity index (χ2v) is 5.22. The van der Waals surface area contributed by atoms with Crippen molar-refractivity contribution in [2.24, 2.45) is 5.73 Å². The second-order valence-electron chi connectivity index (χ2n) is 5.22. The van der Waals surface area contributed by atoms with Crippen molar-refractivity contribution in [2.75, 3.05) is 13.2 Å². The predicted molar refractivity (Wildman–Crippen MR) is 80.2 cm³/mol. The lowest BCUT2D eigenvalue weighted by Gasteiger charge is -2.25. The zero-order chi connectivity index (χ0) is 17.4. The maximum Gasteiger partial charge on any atom is 0.323 e. The normalized spacial score (nSPS) is 17.8. The summed E-state index contributed by atoms with van der Waals surface area (Å²) in [5.41, 5.74) is 6.55. The Balaban J connectivity index is 2.42. The average Bonchev–Trinajstić information content (AvgIpc) is 2.57. The Bertz CT molecular complexity index is 470. The molecule has 0 unspecified atom stereocenters. The third-order valence-corrected chi connectivity index (χ3v) is 3.32. The number of hydrogen-bond donors (Lipinski definition) is 6. The zero-order valence-electron chi connectivity index (χ0n) is 12.5.